The molecular weight excluding hydrogens is 354 g/mol. The number of carboxylic acid groups (broad SMARTS) is 1. The summed E-state index contributed by atoms with van der Waals surface area (Å²) in [6, 6.07) is 3.78. The summed E-state index contributed by atoms with van der Waals surface area (Å²) in [6.07, 6.45) is 0.269. The lowest BCUT2D eigenvalue weighted by atomic mass is 9.91. The molecule has 1 aliphatic heterocycles. The first-order chi connectivity index (χ1) is 12.1. The zero-order valence-electron chi connectivity index (χ0n) is 14.7. The average molecular weight is 373 g/mol. The highest BCUT2D eigenvalue weighted by Crippen LogP contribution is 2.41. The predicted molar refractivity (Wildman–Crippen MR) is 97.2 cm³/mol. The van der Waals surface area contributed by atoms with E-state index in [1.54, 1.807) is 13.8 Å². The lowest BCUT2D eigenvalue weighted by molar-refractivity contribution is -0.137. The topological polar surface area (TPSA) is 104 Å². The molecule has 26 heavy (non-hydrogen) atoms. The van der Waals surface area contributed by atoms with Crippen LogP contribution in [0.15, 0.2) is 12.1 Å². The van der Waals surface area contributed by atoms with Gasteiger partial charge in [-0.2, -0.15) is 5.10 Å². The number of aliphatic carboxylic acids is 1. The van der Waals surface area contributed by atoms with Gasteiger partial charge < -0.3 is 15.5 Å². The fraction of sp³-hybridized carbons (Fsp3) is 0.389. The number of amides is 1. The Morgan fingerprint density at radius 2 is 2.23 bits per heavy atom. The van der Waals surface area contributed by atoms with Gasteiger partial charge in [-0.05, 0) is 32.9 Å². The number of carbonyl (C=O) groups is 2. The molecule has 1 amide bonds. The van der Waals surface area contributed by atoms with Crippen molar-refractivity contribution in [3.63, 3.8) is 0 Å². The van der Waals surface area contributed by atoms with Crippen LogP contribution >= 0.6 is 11.3 Å². The summed E-state index contributed by atoms with van der Waals surface area (Å²) in [4.78, 5) is 25.0. The van der Waals surface area contributed by atoms with Gasteiger partial charge in [0.25, 0.3) is 0 Å². The number of anilines is 1. The van der Waals surface area contributed by atoms with Crippen molar-refractivity contribution in [3.8, 4) is 11.8 Å². The Bertz CT molecular complexity index is 940. The molecule has 7 nitrogen and oxygen atoms in total. The van der Waals surface area contributed by atoms with E-state index in [-0.39, 0.29) is 24.8 Å². The third-order valence-corrected chi connectivity index (χ3v) is 5.03. The first kappa shape index (κ1) is 18.2. The maximum atomic E-state index is 12.2. The van der Waals surface area contributed by atoms with Crippen LogP contribution < -0.4 is 5.32 Å². The van der Waals surface area contributed by atoms with Crippen LogP contribution in [0.25, 0.3) is 0 Å². The molecule has 3 rings (SSSR count). The molecule has 8 heteroatoms. The van der Waals surface area contributed by atoms with Gasteiger partial charge in [0.05, 0.1) is 10.6 Å². The van der Waals surface area contributed by atoms with E-state index < -0.39 is 11.6 Å². The number of nitrogens with zero attached hydrogens (tertiary/aromatic N) is 2. The molecule has 0 radical (unpaired) electrons. The molecule has 3 N–H and O–H groups in total. The van der Waals surface area contributed by atoms with Gasteiger partial charge in [0, 0.05) is 22.8 Å². The van der Waals surface area contributed by atoms with Crippen LogP contribution in [0.5, 0.6) is 0 Å². The van der Waals surface area contributed by atoms with Gasteiger partial charge in [0.2, 0.25) is 5.91 Å². The lowest BCUT2D eigenvalue weighted by Gasteiger charge is -2.23. The van der Waals surface area contributed by atoms with E-state index in [0.717, 1.165) is 15.3 Å². The molecular formula is C18H19N3O4S. The summed E-state index contributed by atoms with van der Waals surface area (Å²) >= 11 is 1.46. The summed E-state index contributed by atoms with van der Waals surface area (Å²) in [5.74, 6) is 4.78. The molecule has 1 aliphatic rings. The zero-order chi connectivity index (χ0) is 19.1. The Hall–Kier alpha value is -2.63. The Kier molecular flexibility index (Phi) is 4.61. The molecule has 2 aromatic rings. The molecule has 1 atom stereocenters. The van der Waals surface area contributed by atoms with Crippen molar-refractivity contribution in [2.45, 2.75) is 45.3 Å². The Morgan fingerprint density at radius 3 is 2.88 bits per heavy atom. The number of carboxylic acids is 1. The van der Waals surface area contributed by atoms with Gasteiger partial charge in [0.1, 0.15) is 18.0 Å². The smallest absolute Gasteiger partial charge is 0.325 e. The molecule has 0 aromatic carbocycles. The van der Waals surface area contributed by atoms with Crippen molar-refractivity contribution in [1.29, 1.82) is 0 Å². The van der Waals surface area contributed by atoms with Gasteiger partial charge in [-0.15, -0.1) is 11.3 Å². The van der Waals surface area contributed by atoms with E-state index in [2.05, 4.69) is 22.3 Å². The fourth-order valence-electron chi connectivity index (χ4n) is 2.92. The molecule has 0 fully saturated rings. The van der Waals surface area contributed by atoms with Crippen molar-refractivity contribution < 1.29 is 19.8 Å². The van der Waals surface area contributed by atoms with E-state index in [0.29, 0.717) is 11.5 Å². The molecule has 0 saturated heterocycles. The van der Waals surface area contributed by atoms with E-state index in [9.17, 15) is 14.7 Å². The van der Waals surface area contributed by atoms with Crippen LogP contribution in [0.3, 0.4) is 0 Å². The van der Waals surface area contributed by atoms with Crippen molar-refractivity contribution in [3.05, 3.63) is 33.1 Å². The second kappa shape index (κ2) is 6.59. The number of nitrogens with one attached hydrogen (secondary N) is 1. The van der Waals surface area contributed by atoms with Crippen LogP contribution in [0.4, 0.5) is 5.82 Å². The molecule has 0 bridgehead atoms. The first-order valence-corrected chi connectivity index (χ1v) is 8.90. The molecule has 2 aromatic heterocycles. The molecule has 0 spiro atoms. The van der Waals surface area contributed by atoms with Crippen LogP contribution in [-0.2, 0) is 16.1 Å². The number of hydrogen-bond acceptors (Lipinski definition) is 5. The monoisotopic (exact) mass is 373 g/mol. The van der Waals surface area contributed by atoms with Gasteiger partial charge in [-0.1, -0.05) is 11.8 Å². The number of fused-ring (bicyclic) bond motifs is 1. The highest BCUT2D eigenvalue weighted by molar-refractivity contribution is 7.12. The summed E-state index contributed by atoms with van der Waals surface area (Å²) in [7, 11) is 0. The Labute approximate surface area is 154 Å². The summed E-state index contributed by atoms with van der Waals surface area (Å²) < 4.78 is 1.32. The second-order valence-electron chi connectivity index (χ2n) is 6.71. The van der Waals surface area contributed by atoms with Crippen LogP contribution in [-0.4, -0.2) is 37.5 Å². The highest BCUT2D eigenvalue weighted by atomic mass is 32.1. The minimum atomic E-state index is -1.07. The number of aryl methyl sites for hydroxylation is 1. The normalized spacial score (nSPS) is 16.5. The van der Waals surface area contributed by atoms with E-state index in [1.165, 1.54) is 16.0 Å². The minimum Gasteiger partial charge on any atom is -0.480 e. The zero-order valence-corrected chi connectivity index (χ0v) is 15.5. The Balaban J connectivity index is 1.99. The third kappa shape index (κ3) is 3.79. The average Bonchev–Trinajstić information content (AvgIpc) is 3.09. The van der Waals surface area contributed by atoms with E-state index >= 15 is 0 Å². The van der Waals surface area contributed by atoms with Crippen molar-refractivity contribution >= 4 is 29.0 Å². The fourth-order valence-corrected chi connectivity index (χ4v) is 3.89. The molecule has 3 heterocycles. The summed E-state index contributed by atoms with van der Waals surface area (Å²) in [5, 5.41) is 25.8. The quantitative estimate of drug-likeness (QED) is 0.713. The predicted octanol–water partition coefficient (Wildman–Crippen LogP) is 1.93. The molecule has 0 saturated carbocycles. The maximum absolute atomic E-state index is 12.2. The molecule has 136 valence electrons. The summed E-state index contributed by atoms with van der Waals surface area (Å²) in [5.41, 5.74) is 0.467. The highest BCUT2D eigenvalue weighted by Gasteiger charge is 2.33. The second-order valence-corrected chi connectivity index (χ2v) is 7.83. The van der Waals surface area contributed by atoms with Crippen molar-refractivity contribution in [2.75, 3.05) is 5.32 Å². The van der Waals surface area contributed by atoms with E-state index in [4.69, 9.17) is 5.11 Å². The third-order valence-electron chi connectivity index (χ3n) is 3.92. The standard InChI is InChI=1S/C18H19N3O4S/c1-10-16-12(13-5-4-11(26-13)6-7-18(2,3)25)8-14(22)19-17(16)21(20-10)9-15(23)24/h4-5,12,25H,8-9H2,1-3H3,(H,19,22)(H,23,24)/t12-/m1/s1. The van der Waals surface area contributed by atoms with E-state index in [1.807, 2.05) is 19.1 Å². The van der Waals surface area contributed by atoms with Crippen molar-refractivity contribution in [1.82, 2.24) is 9.78 Å². The van der Waals surface area contributed by atoms with Crippen LogP contribution in [0, 0.1) is 18.8 Å². The lowest BCUT2D eigenvalue weighted by Crippen LogP contribution is -2.25. The number of rotatable bonds is 3. The largest absolute Gasteiger partial charge is 0.480 e. The van der Waals surface area contributed by atoms with Crippen LogP contribution in [0.2, 0.25) is 0 Å². The van der Waals surface area contributed by atoms with Gasteiger partial charge >= 0.3 is 5.97 Å². The SMILES string of the molecule is Cc1nn(CC(=O)O)c2c1[C@@H](c1ccc(C#CC(C)(C)O)s1)CC(=O)N2. The van der Waals surface area contributed by atoms with Gasteiger partial charge in [-0.3, -0.25) is 9.59 Å². The van der Waals surface area contributed by atoms with Crippen molar-refractivity contribution in [2.24, 2.45) is 0 Å². The maximum Gasteiger partial charge on any atom is 0.325 e. The number of aliphatic hydroxyl groups is 1. The van der Waals surface area contributed by atoms with Gasteiger partial charge in [0.15, 0.2) is 0 Å². The minimum absolute atomic E-state index is 0.174. The first-order valence-electron chi connectivity index (χ1n) is 8.08. The van der Waals surface area contributed by atoms with Gasteiger partial charge in [-0.25, -0.2) is 4.68 Å². The molecule has 0 unspecified atom stereocenters. The molecule has 0 aliphatic carbocycles. The Morgan fingerprint density at radius 1 is 1.50 bits per heavy atom. The number of carbonyl (C=O) groups excluding carboxylic acids is 1. The summed E-state index contributed by atoms with van der Waals surface area (Å²) in [6.45, 7) is 4.74. The number of aromatic nitrogens is 2. The number of thiophene rings is 1. The van der Waals surface area contributed by atoms with Crippen LogP contribution in [0.1, 0.15) is 47.2 Å². The number of hydrogen-bond donors (Lipinski definition) is 3.